The van der Waals surface area contributed by atoms with Crippen molar-refractivity contribution in [2.75, 3.05) is 33.4 Å². The molecular weight excluding hydrogens is 506 g/mol. The summed E-state index contributed by atoms with van der Waals surface area (Å²) >= 11 is 0. The fourth-order valence-corrected chi connectivity index (χ4v) is 8.01. The highest BCUT2D eigenvalue weighted by molar-refractivity contribution is 5.93. The van der Waals surface area contributed by atoms with Crippen molar-refractivity contribution in [2.24, 2.45) is 11.3 Å². The summed E-state index contributed by atoms with van der Waals surface area (Å²) < 4.78 is 17.2. The lowest BCUT2D eigenvalue weighted by Crippen LogP contribution is -2.60. The molecule has 8 rings (SSSR count). The van der Waals surface area contributed by atoms with E-state index in [0.29, 0.717) is 37.0 Å². The van der Waals surface area contributed by atoms with Gasteiger partial charge in [-0.25, -0.2) is 0 Å². The minimum atomic E-state index is -1.09. The average Bonchev–Trinajstić information content (AvgIpc) is 3.44. The average molecular weight is 538 g/mol. The third kappa shape index (κ3) is 3.36. The Balaban J connectivity index is 1.33. The van der Waals surface area contributed by atoms with Crippen molar-refractivity contribution in [2.45, 2.75) is 24.2 Å². The maximum atomic E-state index is 13.6. The Morgan fingerprint density at radius 3 is 2.62 bits per heavy atom. The van der Waals surface area contributed by atoms with Gasteiger partial charge in [0.1, 0.15) is 19.0 Å². The topological polar surface area (TPSA) is 85.3 Å². The Morgan fingerprint density at radius 1 is 1.02 bits per heavy atom. The molecule has 40 heavy (non-hydrogen) atoms. The number of hydrogen-bond acceptors (Lipinski definition) is 5. The molecule has 0 aromatic heterocycles. The van der Waals surface area contributed by atoms with Gasteiger partial charge >= 0.3 is 5.97 Å². The van der Waals surface area contributed by atoms with Gasteiger partial charge in [0.05, 0.1) is 12.5 Å². The lowest BCUT2D eigenvalue weighted by Gasteiger charge is -2.59. The van der Waals surface area contributed by atoms with Crippen LogP contribution in [0.2, 0.25) is 0 Å². The lowest BCUT2D eigenvalue weighted by atomic mass is 9.42. The third-order valence-corrected chi connectivity index (χ3v) is 9.65. The molecule has 2 fully saturated rings. The van der Waals surface area contributed by atoms with Crippen LogP contribution in [0.15, 0.2) is 72.8 Å². The van der Waals surface area contributed by atoms with E-state index in [1.807, 2.05) is 48.5 Å². The molecular formula is C33H31NO6. The van der Waals surface area contributed by atoms with E-state index >= 15 is 0 Å². The monoisotopic (exact) mass is 537 g/mol. The highest BCUT2D eigenvalue weighted by Gasteiger charge is 2.70. The van der Waals surface area contributed by atoms with E-state index in [2.05, 4.69) is 18.2 Å². The fourth-order valence-electron chi connectivity index (χ4n) is 8.01. The number of carbonyl (C=O) groups is 2. The van der Waals surface area contributed by atoms with Crippen molar-refractivity contribution in [3.8, 4) is 17.2 Å². The number of amides is 1. The number of rotatable bonds is 5. The molecule has 1 saturated heterocycles. The summed E-state index contributed by atoms with van der Waals surface area (Å²) in [4.78, 5) is 28.7. The quantitative estimate of drug-likeness (QED) is 0.467. The van der Waals surface area contributed by atoms with Crippen molar-refractivity contribution >= 4 is 18.0 Å². The van der Waals surface area contributed by atoms with Crippen LogP contribution in [0.1, 0.15) is 41.0 Å². The van der Waals surface area contributed by atoms with Crippen LogP contribution in [0.3, 0.4) is 0 Å². The van der Waals surface area contributed by atoms with Crippen LogP contribution >= 0.6 is 0 Å². The van der Waals surface area contributed by atoms with Gasteiger partial charge in [0.2, 0.25) is 5.91 Å². The first-order chi connectivity index (χ1) is 19.5. The molecule has 3 aromatic carbocycles. The number of hydrogen-bond donors (Lipinski definition) is 1. The Morgan fingerprint density at radius 2 is 1.80 bits per heavy atom. The van der Waals surface area contributed by atoms with Gasteiger partial charge in [-0.2, -0.15) is 0 Å². The summed E-state index contributed by atoms with van der Waals surface area (Å²) in [6, 6.07) is 21.8. The summed E-state index contributed by atoms with van der Waals surface area (Å²) in [5.74, 6) is 0.589. The molecule has 0 spiro atoms. The fraction of sp³-hybridized carbons (Fsp3) is 0.333. The predicted octanol–water partition coefficient (Wildman–Crippen LogP) is 4.89. The van der Waals surface area contributed by atoms with Gasteiger partial charge in [0.25, 0.3) is 0 Å². The summed E-state index contributed by atoms with van der Waals surface area (Å²) in [5, 5.41) is 11.0. The van der Waals surface area contributed by atoms with E-state index in [1.165, 1.54) is 11.6 Å². The highest BCUT2D eigenvalue weighted by atomic mass is 16.6. The first kappa shape index (κ1) is 24.8. The summed E-state index contributed by atoms with van der Waals surface area (Å²) in [6.45, 7) is 1.52. The molecule has 0 radical (unpaired) electrons. The van der Waals surface area contributed by atoms with E-state index in [-0.39, 0.29) is 24.3 Å². The van der Waals surface area contributed by atoms with Crippen molar-refractivity contribution in [3.05, 3.63) is 95.1 Å². The summed E-state index contributed by atoms with van der Waals surface area (Å²) in [6.07, 6.45) is 4.84. The molecule has 3 aliphatic carbocycles. The molecule has 1 saturated carbocycles. The first-order valence-corrected chi connectivity index (χ1v) is 13.8. The van der Waals surface area contributed by atoms with Crippen LogP contribution in [-0.2, 0) is 15.0 Å². The number of para-hydroxylation sites is 1. The minimum absolute atomic E-state index is 0.165. The van der Waals surface area contributed by atoms with E-state index in [9.17, 15) is 14.7 Å². The van der Waals surface area contributed by atoms with E-state index < -0.39 is 16.8 Å². The van der Waals surface area contributed by atoms with Crippen molar-refractivity contribution < 1.29 is 28.9 Å². The number of methoxy groups -OCH3 is 1. The van der Waals surface area contributed by atoms with E-state index in [1.54, 1.807) is 18.1 Å². The maximum absolute atomic E-state index is 13.6. The number of fused-ring (bicyclic) bond motifs is 2. The second kappa shape index (κ2) is 9.15. The Hall–Kier alpha value is -4.26. The zero-order valence-electron chi connectivity index (χ0n) is 22.3. The minimum Gasteiger partial charge on any atom is -0.496 e. The first-order valence-electron chi connectivity index (χ1n) is 13.8. The molecule has 3 aromatic rings. The number of nitrogens with zero attached hydrogens (tertiary/aromatic N) is 1. The van der Waals surface area contributed by atoms with Crippen LogP contribution in [0.4, 0.5) is 0 Å². The molecule has 204 valence electrons. The Bertz CT molecular complexity index is 1550. The molecule has 1 amide bonds. The molecule has 4 unspecified atom stereocenters. The van der Waals surface area contributed by atoms with Gasteiger partial charge < -0.3 is 24.2 Å². The number of carboxylic acid groups (broad SMARTS) is 1. The van der Waals surface area contributed by atoms with E-state index in [0.717, 1.165) is 29.5 Å². The molecule has 2 aliphatic heterocycles. The standard InChI is InChI=1S/C33H31NO6/c1-38-26-9-5-2-6-21(26)10-13-30(35)34-19-29-32(22-11-12-27-28(18-22)40-17-16-39-27)15-14-25(33(29,20-34)31(36)37)23-7-3-4-8-24(23)32/h2-13,18,25,29H,14-17,19-20H2,1H3,(H,36,37). The Kier molecular flexibility index (Phi) is 5.66. The zero-order valence-corrected chi connectivity index (χ0v) is 22.3. The molecule has 5 aliphatic rings. The molecule has 7 nitrogen and oxygen atoms in total. The van der Waals surface area contributed by atoms with Gasteiger partial charge in [-0.1, -0.05) is 48.5 Å². The normalized spacial score (nSPS) is 27.8. The summed E-state index contributed by atoms with van der Waals surface area (Å²) in [7, 11) is 1.60. The van der Waals surface area contributed by atoms with Gasteiger partial charge in [-0.3, -0.25) is 9.59 Å². The van der Waals surface area contributed by atoms with Crippen LogP contribution in [0.25, 0.3) is 6.08 Å². The van der Waals surface area contributed by atoms with Gasteiger partial charge in [0, 0.05) is 42.0 Å². The van der Waals surface area contributed by atoms with Crippen molar-refractivity contribution in [1.82, 2.24) is 4.90 Å². The van der Waals surface area contributed by atoms with Gasteiger partial charge in [0.15, 0.2) is 11.5 Å². The number of aliphatic carboxylic acids is 1. The van der Waals surface area contributed by atoms with Crippen molar-refractivity contribution in [1.29, 1.82) is 0 Å². The van der Waals surface area contributed by atoms with Crippen LogP contribution in [0, 0.1) is 11.3 Å². The molecule has 1 N–H and O–H groups in total. The van der Waals surface area contributed by atoms with Crippen LogP contribution in [0.5, 0.6) is 17.2 Å². The summed E-state index contributed by atoms with van der Waals surface area (Å²) in [5.41, 5.74) is 2.42. The lowest BCUT2D eigenvalue weighted by molar-refractivity contribution is -0.157. The second-order valence-corrected chi connectivity index (χ2v) is 11.2. The van der Waals surface area contributed by atoms with Crippen molar-refractivity contribution in [3.63, 3.8) is 0 Å². The SMILES string of the molecule is COc1ccccc1C=CC(=O)N1CC2C3(c4ccc5c(c4)OCCO5)CCC(c4ccccc43)C2(C(=O)O)C1. The molecule has 7 heteroatoms. The highest BCUT2D eigenvalue weighted by Crippen LogP contribution is 2.69. The number of ether oxygens (including phenoxy) is 3. The predicted molar refractivity (Wildman–Crippen MR) is 149 cm³/mol. The van der Waals surface area contributed by atoms with Crippen LogP contribution in [-0.4, -0.2) is 55.3 Å². The van der Waals surface area contributed by atoms with E-state index in [4.69, 9.17) is 14.2 Å². The molecule has 2 heterocycles. The Labute approximate surface area is 233 Å². The second-order valence-electron chi connectivity index (χ2n) is 11.2. The largest absolute Gasteiger partial charge is 0.496 e. The van der Waals surface area contributed by atoms with Crippen LogP contribution < -0.4 is 14.2 Å². The zero-order chi connectivity index (χ0) is 27.5. The molecule has 4 atom stereocenters. The number of benzene rings is 3. The smallest absolute Gasteiger partial charge is 0.312 e. The third-order valence-electron chi connectivity index (χ3n) is 9.65. The van der Waals surface area contributed by atoms with Gasteiger partial charge in [-0.05, 0) is 53.8 Å². The number of likely N-dealkylation sites (tertiary alicyclic amines) is 1. The van der Waals surface area contributed by atoms with Gasteiger partial charge in [-0.15, -0.1) is 0 Å². The number of carboxylic acids is 1. The number of carbonyl (C=O) groups excluding carboxylic acids is 1. The molecule has 2 bridgehead atoms. The maximum Gasteiger partial charge on any atom is 0.312 e.